The second-order valence-electron chi connectivity index (χ2n) is 2.17. The minimum absolute atomic E-state index is 0.0496. The molecule has 0 aromatic heterocycles. The van der Waals surface area contributed by atoms with Gasteiger partial charge in [0.2, 0.25) is 0 Å². The second-order valence-corrected chi connectivity index (χ2v) is 2.17. The molecule has 0 spiro atoms. The SMILES string of the molecule is COc1ccc(O)c(C=NO)c1. The molecule has 1 aromatic carbocycles. The summed E-state index contributed by atoms with van der Waals surface area (Å²) in [6.45, 7) is 0. The number of phenolic OH excluding ortho intramolecular Hbond substituents is 1. The van der Waals surface area contributed by atoms with Crippen LogP contribution in [0.3, 0.4) is 0 Å². The Morgan fingerprint density at radius 1 is 1.50 bits per heavy atom. The molecule has 2 N–H and O–H groups in total. The third kappa shape index (κ3) is 1.66. The van der Waals surface area contributed by atoms with E-state index in [-0.39, 0.29) is 5.75 Å². The number of oxime groups is 1. The van der Waals surface area contributed by atoms with Crippen molar-refractivity contribution in [3.63, 3.8) is 0 Å². The molecule has 4 heteroatoms. The van der Waals surface area contributed by atoms with E-state index in [2.05, 4.69) is 5.16 Å². The van der Waals surface area contributed by atoms with Gasteiger partial charge < -0.3 is 15.1 Å². The first kappa shape index (κ1) is 8.39. The van der Waals surface area contributed by atoms with Crippen molar-refractivity contribution in [3.8, 4) is 11.5 Å². The van der Waals surface area contributed by atoms with Gasteiger partial charge in [-0.2, -0.15) is 0 Å². The fourth-order valence-corrected chi connectivity index (χ4v) is 0.825. The van der Waals surface area contributed by atoms with E-state index in [0.717, 1.165) is 6.21 Å². The van der Waals surface area contributed by atoms with Crippen molar-refractivity contribution < 1.29 is 15.1 Å². The molecule has 0 unspecified atom stereocenters. The lowest BCUT2D eigenvalue weighted by molar-refractivity contribution is 0.321. The molecule has 0 fully saturated rings. The molecule has 0 atom stereocenters. The Morgan fingerprint density at radius 2 is 2.25 bits per heavy atom. The normalized spacial score (nSPS) is 10.4. The van der Waals surface area contributed by atoms with Crippen LogP contribution in [0, 0.1) is 0 Å². The monoisotopic (exact) mass is 167 g/mol. The van der Waals surface area contributed by atoms with Crippen molar-refractivity contribution in [2.75, 3.05) is 7.11 Å². The van der Waals surface area contributed by atoms with Crippen LogP contribution >= 0.6 is 0 Å². The van der Waals surface area contributed by atoms with Gasteiger partial charge in [0.05, 0.1) is 13.3 Å². The minimum atomic E-state index is 0.0496. The summed E-state index contributed by atoms with van der Waals surface area (Å²) in [4.78, 5) is 0. The van der Waals surface area contributed by atoms with Crippen LogP contribution in [0.2, 0.25) is 0 Å². The fraction of sp³-hybridized carbons (Fsp3) is 0.125. The summed E-state index contributed by atoms with van der Waals surface area (Å²) in [6, 6.07) is 4.65. The summed E-state index contributed by atoms with van der Waals surface area (Å²) in [5.41, 5.74) is 0.414. The van der Waals surface area contributed by atoms with Crippen molar-refractivity contribution in [2.45, 2.75) is 0 Å². The molecule has 0 aliphatic carbocycles. The largest absolute Gasteiger partial charge is 0.507 e. The molecule has 1 aromatic rings. The zero-order chi connectivity index (χ0) is 8.97. The Kier molecular flexibility index (Phi) is 2.53. The van der Waals surface area contributed by atoms with E-state index < -0.39 is 0 Å². The topological polar surface area (TPSA) is 62.0 Å². The van der Waals surface area contributed by atoms with Gasteiger partial charge in [-0.05, 0) is 18.2 Å². The van der Waals surface area contributed by atoms with Gasteiger partial charge >= 0.3 is 0 Å². The number of methoxy groups -OCH3 is 1. The first-order chi connectivity index (χ1) is 5.77. The maximum Gasteiger partial charge on any atom is 0.124 e. The number of hydrogen-bond donors (Lipinski definition) is 2. The van der Waals surface area contributed by atoms with E-state index >= 15 is 0 Å². The average molecular weight is 167 g/mol. The van der Waals surface area contributed by atoms with Crippen molar-refractivity contribution >= 4 is 6.21 Å². The number of hydrogen-bond acceptors (Lipinski definition) is 4. The molecule has 0 heterocycles. The number of phenols is 1. The van der Waals surface area contributed by atoms with Gasteiger partial charge in [0, 0.05) is 5.56 Å². The van der Waals surface area contributed by atoms with Crippen LogP contribution in [0.5, 0.6) is 11.5 Å². The standard InChI is InChI=1S/C8H9NO3/c1-12-7-2-3-8(10)6(4-7)5-9-11/h2-5,10-11H,1H3. The fourth-order valence-electron chi connectivity index (χ4n) is 0.825. The Bertz CT molecular complexity index is 296. The zero-order valence-corrected chi connectivity index (χ0v) is 6.56. The lowest BCUT2D eigenvalue weighted by Gasteiger charge is -2.01. The molecule has 0 saturated carbocycles. The van der Waals surface area contributed by atoms with Crippen molar-refractivity contribution in [1.82, 2.24) is 0 Å². The molecule has 1 rings (SSSR count). The predicted molar refractivity (Wildman–Crippen MR) is 44.0 cm³/mol. The zero-order valence-electron chi connectivity index (χ0n) is 6.56. The van der Waals surface area contributed by atoms with E-state index in [9.17, 15) is 5.11 Å². The maximum absolute atomic E-state index is 9.20. The maximum atomic E-state index is 9.20. The Hall–Kier alpha value is -1.71. The molecule has 4 nitrogen and oxygen atoms in total. The smallest absolute Gasteiger partial charge is 0.124 e. The number of benzene rings is 1. The summed E-state index contributed by atoms with van der Waals surface area (Å²) in [5.74, 6) is 0.649. The van der Waals surface area contributed by atoms with Crippen LogP contribution in [0.25, 0.3) is 0 Å². The van der Waals surface area contributed by atoms with Crippen LogP contribution < -0.4 is 4.74 Å². The Morgan fingerprint density at radius 3 is 2.83 bits per heavy atom. The summed E-state index contributed by atoms with van der Waals surface area (Å²) in [7, 11) is 1.52. The third-order valence-corrected chi connectivity index (χ3v) is 1.43. The first-order valence-corrected chi connectivity index (χ1v) is 3.32. The van der Waals surface area contributed by atoms with Gasteiger partial charge in [-0.25, -0.2) is 0 Å². The van der Waals surface area contributed by atoms with E-state index in [1.165, 1.54) is 13.2 Å². The summed E-state index contributed by atoms with van der Waals surface area (Å²) in [6.07, 6.45) is 1.14. The molecular weight excluding hydrogens is 158 g/mol. The van der Waals surface area contributed by atoms with Gasteiger partial charge in [-0.15, -0.1) is 0 Å². The first-order valence-electron chi connectivity index (χ1n) is 3.32. The summed E-state index contributed by atoms with van der Waals surface area (Å²) >= 11 is 0. The van der Waals surface area contributed by atoms with Crippen LogP contribution in [-0.4, -0.2) is 23.6 Å². The lowest BCUT2D eigenvalue weighted by Crippen LogP contribution is -1.86. The Balaban J connectivity index is 3.08. The van der Waals surface area contributed by atoms with Crippen LogP contribution in [-0.2, 0) is 0 Å². The molecule has 0 aliphatic heterocycles. The van der Waals surface area contributed by atoms with Gasteiger partial charge in [-0.1, -0.05) is 5.16 Å². The quantitative estimate of drug-likeness (QED) is 0.395. The van der Waals surface area contributed by atoms with Crippen LogP contribution in [0.1, 0.15) is 5.56 Å². The molecule has 0 saturated heterocycles. The van der Waals surface area contributed by atoms with Gasteiger partial charge in [-0.3, -0.25) is 0 Å². The summed E-state index contributed by atoms with van der Waals surface area (Å²) < 4.78 is 4.90. The molecular formula is C8H9NO3. The number of aromatic hydroxyl groups is 1. The van der Waals surface area contributed by atoms with Crippen molar-refractivity contribution in [3.05, 3.63) is 23.8 Å². The van der Waals surface area contributed by atoms with E-state index in [4.69, 9.17) is 9.94 Å². The highest BCUT2D eigenvalue weighted by molar-refractivity contribution is 5.83. The van der Waals surface area contributed by atoms with Gasteiger partial charge in [0.25, 0.3) is 0 Å². The highest BCUT2D eigenvalue weighted by atomic mass is 16.5. The van der Waals surface area contributed by atoms with Crippen molar-refractivity contribution in [1.29, 1.82) is 0 Å². The Labute approximate surface area is 69.7 Å². The van der Waals surface area contributed by atoms with Crippen molar-refractivity contribution in [2.24, 2.45) is 5.16 Å². The van der Waals surface area contributed by atoms with E-state index in [1.807, 2.05) is 0 Å². The highest BCUT2D eigenvalue weighted by Gasteiger charge is 1.99. The average Bonchev–Trinajstić information content (AvgIpc) is 2.09. The second kappa shape index (κ2) is 3.61. The lowest BCUT2D eigenvalue weighted by atomic mass is 10.2. The van der Waals surface area contributed by atoms with Crippen LogP contribution in [0.15, 0.2) is 23.4 Å². The van der Waals surface area contributed by atoms with Gasteiger partial charge in [0.1, 0.15) is 11.5 Å². The highest BCUT2D eigenvalue weighted by Crippen LogP contribution is 2.20. The number of rotatable bonds is 2. The molecule has 64 valence electrons. The molecule has 12 heavy (non-hydrogen) atoms. The molecule has 0 aliphatic rings. The predicted octanol–water partition coefficient (Wildman–Crippen LogP) is 1.21. The summed E-state index contributed by atoms with van der Waals surface area (Å²) in [5, 5.41) is 20.2. The van der Waals surface area contributed by atoms with E-state index in [0.29, 0.717) is 11.3 Å². The van der Waals surface area contributed by atoms with E-state index in [1.54, 1.807) is 12.1 Å². The van der Waals surface area contributed by atoms with Crippen LogP contribution in [0.4, 0.5) is 0 Å². The minimum Gasteiger partial charge on any atom is -0.507 e. The molecule has 0 radical (unpaired) electrons. The number of ether oxygens (including phenoxy) is 1. The van der Waals surface area contributed by atoms with Gasteiger partial charge in [0.15, 0.2) is 0 Å². The molecule has 0 bridgehead atoms. The number of nitrogens with zero attached hydrogens (tertiary/aromatic N) is 1. The third-order valence-electron chi connectivity index (χ3n) is 1.43. The molecule has 0 amide bonds.